The Balaban J connectivity index is 2.23. The minimum atomic E-state index is -0.797. The highest BCUT2D eigenvalue weighted by molar-refractivity contribution is 5.89. The van der Waals surface area contributed by atoms with Gasteiger partial charge in [-0.3, -0.25) is 0 Å². The summed E-state index contributed by atoms with van der Waals surface area (Å²) in [4.78, 5) is 11.1. The average Bonchev–Trinajstić information content (AvgIpc) is 2.30. The monoisotopic (exact) mass is 218 g/mol. The van der Waals surface area contributed by atoms with E-state index in [1.807, 2.05) is 12.1 Å². The molecule has 86 valence electrons. The summed E-state index contributed by atoms with van der Waals surface area (Å²) in [5.41, 5.74) is 1.52. The van der Waals surface area contributed by atoms with Gasteiger partial charge in [-0.1, -0.05) is 38.0 Å². The molecule has 1 saturated carbocycles. The van der Waals surface area contributed by atoms with E-state index in [1.54, 1.807) is 12.1 Å². The van der Waals surface area contributed by atoms with Crippen molar-refractivity contribution < 1.29 is 9.90 Å². The van der Waals surface area contributed by atoms with E-state index in [9.17, 15) is 4.79 Å². The van der Waals surface area contributed by atoms with Crippen LogP contribution in [-0.2, 0) is 0 Å². The lowest BCUT2D eigenvalue weighted by Crippen LogP contribution is -2.14. The van der Waals surface area contributed by atoms with Crippen LogP contribution in [0.15, 0.2) is 24.3 Å². The van der Waals surface area contributed by atoms with Crippen LogP contribution in [0.5, 0.6) is 0 Å². The van der Waals surface area contributed by atoms with Gasteiger partial charge in [-0.05, 0) is 36.3 Å². The molecule has 0 spiro atoms. The Bertz CT molecular complexity index is 376. The van der Waals surface area contributed by atoms with Crippen LogP contribution in [0.2, 0.25) is 0 Å². The third-order valence-corrected chi connectivity index (χ3v) is 3.65. The molecule has 1 aromatic carbocycles. The summed E-state index contributed by atoms with van der Waals surface area (Å²) in [6.07, 6.45) is 4.70. The second-order valence-electron chi connectivity index (χ2n) is 4.85. The Hall–Kier alpha value is -1.31. The highest BCUT2D eigenvalue weighted by Gasteiger charge is 2.23. The second-order valence-corrected chi connectivity index (χ2v) is 4.85. The number of aromatic carboxylic acids is 1. The highest BCUT2D eigenvalue weighted by Crippen LogP contribution is 2.36. The summed E-state index contributed by atoms with van der Waals surface area (Å²) in [7, 11) is 0. The Morgan fingerprint density at radius 3 is 2.44 bits per heavy atom. The third kappa shape index (κ3) is 2.26. The molecule has 0 amide bonds. The van der Waals surface area contributed by atoms with Gasteiger partial charge >= 0.3 is 5.97 Å². The summed E-state index contributed by atoms with van der Waals surface area (Å²) in [5.74, 6) is 0.450. The quantitative estimate of drug-likeness (QED) is 0.822. The van der Waals surface area contributed by atoms with Gasteiger partial charge in [0.2, 0.25) is 0 Å². The van der Waals surface area contributed by atoms with Gasteiger partial charge < -0.3 is 5.11 Å². The standard InChI is InChI=1S/C14H18O2/c1-10-6-8-11(9-7-10)12-4-2-3-5-13(12)14(15)16/h2-5,10-11H,6-9H2,1H3,(H,15,16). The van der Waals surface area contributed by atoms with Crippen molar-refractivity contribution >= 4 is 5.97 Å². The summed E-state index contributed by atoms with van der Waals surface area (Å²) in [5, 5.41) is 9.15. The van der Waals surface area contributed by atoms with Crippen molar-refractivity contribution in [3.63, 3.8) is 0 Å². The number of hydrogen-bond donors (Lipinski definition) is 1. The largest absolute Gasteiger partial charge is 0.478 e. The molecule has 16 heavy (non-hydrogen) atoms. The molecule has 0 atom stereocenters. The van der Waals surface area contributed by atoms with Gasteiger partial charge in [-0.25, -0.2) is 4.79 Å². The summed E-state index contributed by atoms with van der Waals surface area (Å²) >= 11 is 0. The minimum absolute atomic E-state index is 0.448. The topological polar surface area (TPSA) is 37.3 Å². The summed E-state index contributed by atoms with van der Waals surface area (Å²) < 4.78 is 0. The van der Waals surface area contributed by atoms with Gasteiger partial charge in [0, 0.05) is 0 Å². The van der Waals surface area contributed by atoms with Gasteiger partial charge in [-0.15, -0.1) is 0 Å². The van der Waals surface area contributed by atoms with Crippen LogP contribution >= 0.6 is 0 Å². The zero-order chi connectivity index (χ0) is 11.5. The lowest BCUT2D eigenvalue weighted by atomic mass is 9.78. The van der Waals surface area contributed by atoms with E-state index < -0.39 is 5.97 Å². The molecular weight excluding hydrogens is 200 g/mol. The predicted octanol–water partition coefficient (Wildman–Crippen LogP) is 3.68. The average molecular weight is 218 g/mol. The van der Waals surface area contributed by atoms with Gasteiger partial charge in [0.1, 0.15) is 0 Å². The highest BCUT2D eigenvalue weighted by atomic mass is 16.4. The molecule has 0 saturated heterocycles. The molecule has 0 unspecified atom stereocenters. The number of hydrogen-bond acceptors (Lipinski definition) is 1. The molecular formula is C14H18O2. The molecule has 2 nitrogen and oxygen atoms in total. The fourth-order valence-corrected chi connectivity index (χ4v) is 2.62. The lowest BCUT2D eigenvalue weighted by molar-refractivity contribution is 0.0694. The fourth-order valence-electron chi connectivity index (χ4n) is 2.62. The van der Waals surface area contributed by atoms with Crippen LogP contribution in [0.1, 0.15) is 54.4 Å². The number of benzene rings is 1. The van der Waals surface area contributed by atoms with Crippen LogP contribution < -0.4 is 0 Å². The zero-order valence-electron chi connectivity index (χ0n) is 9.65. The van der Waals surface area contributed by atoms with Gasteiger partial charge in [0.05, 0.1) is 5.56 Å². The van der Waals surface area contributed by atoms with E-state index in [4.69, 9.17) is 5.11 Å². The molecule has 2 heteroatoms. The van der Waals surface area contributed by atoms with Crippen LogP contribution in [0, 0.1) is 5.92 Å². The molecule has 1 aliphatic carbocycles. The maximum absolute atomic E-state index is 11.1. The Labute approximate surface area is 96.3 Å². The van der Waals surface area contributed by atoms with E-state index in [-0.39, 0.29) is 0 Å². The predicted molar refractivity (Wildman–Crippen MR) is 63.8 cm³/mol. The second kappa shape index (κ2) is 4.69. The molecule has 0 heterocycles. The maximum Gasteiger partial charge on any atom is 0.335 e. The van der Waals surface area contributed by atoms with E-state index in [0.717, 1.165) is 24.3 Å². The maximum atomic E-state index is 11.1. The summed E-state index contributed by atoms with van der Waals surface area (Å²) in [6, 6.07) is 7.44. The first kappa shape index (κ1) is 11.2. The first-order valence-corrected chi connectivity index (χ1v) is 6.00. The molecule has 2 rings (SSSR count). The van der Waals surface area contributed by atoms with E-state index >= 15 is 0 Å². The number of carbonyl (C=O) groups is 1. The molecule has 1 N–H and O–H groups in total. The SMILES string of the molecule is CC1CCC(c2ccccc2C(=O)O)CC1. The van der Waals surface area contributed by atoms with Crippen LogP contribution in [0.25, 0.3) is 0 Å². The molecule has 1 aromatic rings. The molecule has 0 bridgehead atoms. The molecule has 1 aliphatic rings. The van der Waals surface area contributed by atoms with Crippen LogP contribution in [0.3, 0.4) is 0 Å². The van der Waals surface area contributed by atoms with E-state index in [2.05, 4.69) is 6.92 Å². The van der Waals surface area contributed by atoms with Gasteiger partial charge in [-0.2, -0.15) is 0 Å². The minimum Gasteiger partial charge on any atom is -0.478 e. The Kier molecular flexibility index (Phi) is 3.28. The van der Waals surface area contributed by atoms with Crippen molar-refractivity contribution in [2.75, 3.05) is 0 Å². The Morgan fingerprint density at radius 2 is 1.81 bits per heavy atom. The first-order chi connectivity index (χ1) is 7.68. The van der Waals surface area contributed by atoms with Gasteiger partial charge in [0.15, 0.2) is 0 Å². The van der Waals surface area contributed by atoms with Crippen molar-refractivity contribution in [1.82, 2.24) is 0 Å². The van der Waals surface area contributed by atoms with E-state index in [1.165, 1.54) is 12.8 Å². The molecule has 0 radical (unpaired) electrons. The molecule has 0 aliphatic heterocycles. The first-order valence-electron chi connectivity index (χ1n) is 6.00. The summed E-state index contributed by atoms with van der Waals surface area (Å²) in [6.45, 7) is 2.28. The van der Waals surface area contributed by atoms with Crippen molar-refractivity contribution in [2.24, 2.45) is 5.92 Å². The van der Waals surface area contributed by atoms with Crippen molar-refractivity contribution in [2.45, 2.75) is 38.5 Å². The Morgan fingerprint density at radius 1 is 1.19 bits per heavy atom. The fraction of sp³-hybridized carbons (Fsp3) is 0.500. The van der Waals surface area contributed by atoms with Crippen LogP contribution in [-0.4, -0.2) is 11.1 Å². The van der Waals surface area contributed by atoms with Gasteiger partial charge in [0.25, 0.3) is 0 Å². The molecule has 1 fully saturated rings. The molecule has 0 aromatic heterocycles. The van der Waals surface area contributed by atoms with Crippen molar-refractivity contribution in [1.29, 1.82) is 0 Å². The lowest BCUT2D eigenvalue weighted by Gasteiger charge is -2.27. The van der Waals surface area contributed by atoms with E-state index in [0.29, 0.717) is 11.5 Å². The third-order valence-electron chi connectivity index (χ3n) is 3.65. The van der Waals surface area contributed by atoms with Crippen molar-refractivity contribution in [3.05, 3.63) is 35.4 Å². The van der Waals surface area contributed by atoms with Crippen LogP contribution in [0.4, 0.5) is 0 Å². The van der Waals surface area contributed by atoms with Crippen molar-refractivity contribution in [3.8, 4) is 0 Å². The number of carboxylic acids is 1. The number of rotatable bonds is 2. The smallest absolute Gasteiger partial charge is 0.335 e. The zero-order valence-corrected chi connectivity index (χ0v) is 9.65. The normalized spacial score (nSPS) is 25.3. The number of carboxylic acid groups (broad SMARTS) is 1.